The Kier molecular flexibility index (Phi) is 3.63. The molecule has 0 atom stereocenters. The largest absolute Gasteiger partial charge is 0.352 e. The average Bonchev–Trinajstić information content (AvgIpc) is 2.39. The first-order valence-corrected chi connectivity index (χ1v) is 8.92. The lowest BCUT2D eigenvalue weighted by molar-refractivity contribution is -0.256. The molecule has 114 valence electrons. The molecule has 3 aliphatic rings. The lowest BCUT2D eigenvalue weighted by Gasteiger charge is -2.59. The van der Waals surface area contributed by atoms with Gasteiger partial charge in [-0.3, -0.25) is 0 Å². The fourth-order valence-corrected chi connectivity index (χ4v) is 4.69. The molecule has 1 spiro atoms. The summed E-state index contributed by atoms with van der Waals surface area (Å²) in [5, 5.41) is 0. The van der Waals surface area contributed by atoms with Gasteiger partial charge in [-0.15, -0.1) is 0 Å². The predicted molar refractivity (Wildman–Crippen MR) is 86.1 cm³/mol. The summed E-state index contributed by atoms with van der Waals surface area (Å²) in [4.78, 5) is 0. The fourth-order valence-electron chi connectivity index (χ4n) is 4.42. The Morgan fingerprint density at radius 2 is 1.62 bits per heavy atom. The molecule has 2 saturated carbocycles. The van der Waals surface area contributed by atoms with Crippen LogP contribution in [0.25, 0.3) is 0 Å². The first-order valence-electron chi connectivity index (χ1n) is 8.12. The molecule has 1 aromatic rings. The van der Waals surface area contributed by atoms with Crippen molar-refractivity contribution in [1.29, 1.82) is 0 Å². The maximum absolute atomic E-state index is 5.85. The molecule has 2 aliphatic carbocycles. The van der Waals surface area contributed by atoms with E-state index in [0.29, 0.717) is 17.3 Å². The molecule has 1 aliphatic heterocycles. The van der Waals surface area contributed by atoms with Crippen molar-refractivity contribution in [3.63, 3.8) is 0 Å². The van der Waals surface area contributed by atoms with Gasteiger partial charge in [0.05, 0.1) is 13.2 Å². The Bertz CT molecular complexity index is 490. The molecule has 0 amide bonds. The lowest BCUT2D eigenvalue weighted by Crippen LogP contribution is -2.52. The molecule has 1 saturated heterocycles. The first kappa shape index (κ1) is 14.2. The predicted octanol–water partition coefficient (Wildman–Crippen LogP) is 4.73. The SMILES string of the molecule is CC1COC(C2CC3(CC(c4ccc(Br)cc4)C3)C2)OC1. The molecule has 0 N–H and O–H groups in total. The van der Waals surface area contributed by atoms with Crippen LogP contribution in [0.4, 0.5) is 0 Å². The van der Waals surface area contributed by atoms with Crippen LogP contribution in [0.3, 0.4) is 0 Å². The summed E-state index contributed by atoms with van der Waals surface area (Å²) in [5.41, 5.74) is 2.12. The van der Waals surface area contributed by atoms with Gasteiger partial charge >= 0.3 is 0 Å². The molecule has 1 heterocycles. The number of benzene rings is 1. The number of rotatable bonds is 2. The summed E-state index contributed by atoms with van der Waals surface area (Å²) in [7, 11) is 0. The molecule has 0 bridgehead atoms. The zero-order valence-corrected chi connectivity index (χ0v) is 14.1. The highest BCUT2D eigenvalue weighted by Gasteiger charge is 2.55. The third-order valence-electron chi connectivity index (χ3n) is 5.57. The van der Waals surface area contributed by atoms with Crippen molar-refractivity contribution in [1.82, 2.24) is 0 Å². The van der Waals surface area contributed by atoms with Crippen LogP contribution >= 0.6 is 15.9 Å². The summed E-state index contributed by atoms with van der Waals surface area (Å²) < 4.78 is 12.9. The summed E-state index contributed by atoms with van der Waals surface area (Å²) >= 11 is 3.51. The zero-order chi connectivity index (χ0) is 14.4. The molecule has 3 fully saturated rings. The van der Waals surface area contributed by atoms with E-state index >= 15 is 0 Å². The normalized spacial score (nSPS) is 42.4. The third kappa shape index (κ3) is 2.69. The molecule has 21 heavy (non-hydrogen) atoms. The van der Waals surface area contributed by atoms with Crippen LogP contribution in [-0.2, 0) is 9.47 Å². The van der Waals surface area contributed by atoms with Crippen molar-refractivity contribution >= 4 is 15.9 Å². The summed E-state index contributed by atoms with van der Waals surface area (Å²) in [5.74, 6) is 1.97. The van der Waals surface area contributed by atoms with Gasteiger partial charge in [0, 0.05) is 16.3 Å². The number of hydrogen-bond donors (Lipinski definition) is 0. The van der Waals surface area contributed by atoms with Crippen LogP contribution in [0.2, 0.25) is 0 Å². The van der Waals surface area contributed by atoms with Crippen LogP contribution < -0.4 is 0 Å². The van der Waals surface area contributed by atoms with Gasteiger partial charge < -0.3 is 9.47 Å². The monoisotopic (exact) mass is 350 g/mol. The molecule has 3 heteroatoms. The van der Waals surface area contributed by atoms with Gasteiger partial charge in [-0.2, -0.15) is 0 Å². The summed E-state index contributed by atoms with van der Waals surface area (Å²) in [6, 6.07) is 8.86. The van der Waals surface area contributed by atoms with E-state index in [9.17, 15) is 0 Å². The van der Waals surface area contributed by atoms with Crippen LogP contribution in [0, 0.1) is 17.3 Å². The molecule has 1 aromatic carbocycles. The van der Waals surface area contributed by atoms with Gasteiger partial charge in [0.2, 0.25) is 0 Å². The molecule has 2 nitrogen and oxygen atoms in total. The van der Waals surface area contributed by atoms with Crippen LogP contribution in [0.15, 0.2) is 28.7 Å². The Morgan fingerprint density at radius 1 is 1.00 bits per heavy atom. The minimum atomic E-state index is 0.0820. The third-order valence-corrected chi connectivity index (χ3v) is 6.09. The van der Waals surface area contributed by atoms with Gasteiger partial charge in [0.1, 0.15) is 0 Å². The van der Waals surface area contributed by atoms with E-state index in [4.69, 9.17) is 9.47 Å². The lowest BCUT2D eigenvalue weighted by atomic mass is 9.47. The summed E-state index contributed by atoms with van der Waals surface area (Å²) in [6.45, 7) is 3.93. The minimum Gasteiger partial charge on any atom is -0.352 e. The maximum Gasteiger partial charge on any atom is 0.160 e. The molecule has 0 aromatic heterocycles. The first-order chi connectivity index (χ1) is 10.1. The highest BCUT2D eigenvalue weighted by molar-refractivity contribution is 9.10. The standard InChI is InChI=1S/C18H23BrO2/c1-12-10-20-17(21-11-12)15-8-18(9-15)6-14(7-18)13-2-4-16(19)5-3-13/h2-5,12,14-15,17H,6-11H2,1H3. The van der Waals surface area contributed by atoms with Crippen molar-refractivity contribution in [2.45, 2.75) is 44.8 Å². The van der Waals surface area contributed by atoms with Gasteiger partial charge in [-0.25, -0.2) is 0 Å². The Hall–Kier alpha value is -0.380. The van der Waals surface area contributed by atoms with E-state index < -0.39 is 0 Å². The van der Waals surface area contributed by atoms with Gasteiger partial charge in [0.15, 0.2) is 6.29 Å². The molecular formula is C18H23BrO2. The topological polar surface area (TPSA) is 18.5 Å². The number of ether oxygens (including phenoxy) is 2. The number of halogens is 1. The Labute approximate surface area is 135 Å². The van der Waals surface area contributed by atoms with E-state index in [1.807, 2.05) is 0 Å². The molecule has 0 unspecified atom stereocenters. The number of hydrogen-bond acceptors (Lipinski definition) is 2. The molecular weight excluding hydrogens is 328 g/mol. The zero-order valence-electron chi connectivity index (χ0n) is 12.6. The minimum absolute atomic E-state index is 0.0820. The molecule has 4 rings (SSSR count). The fraction of sp³-hybridized carbons (Fsp3) is 0.667. The highest BCUT2D eigenvalue weighted by Crippen LogP contribution is 2.65. The van der Waals surface area contributed by atoms with Gasteiger partial charge in [0.25, 0.3) is 0 Å². The van der Waals surface area contributed by atoms with E-state index in [1.54, 1.807) is 0 Å². The summed E-state index contributed by atoms with van der Waals surface area (Å²) in [6.07, 6.45) is 5.40. The van der Waals surface area contributed by atoms with Crippen LogP contribution in [0.1, 0.15) is 44.1 Å². The van der Waals surface area contributed by atoms with E-state index in [1.165, 1.54) is 35.7 Å². The second kappa shape index (κ2) is 5.36. The Balaban J connectivity index is 1.28. The van der Waals surface area contributed by atoms with Gasteiger partial charge in [-0.05, 0) is 54.7 Å². The average molecular weight is 351 g/mol. The van der Waals surface area contributed by atoms with Crippen molar-refractivity contribution in [3.05, 3.63) is 34.3 Å². The quantitative estimate of drug-likeness (QED) is 0.767. The van der Waals surface area contributed by atoms with Crippen molar-refractivity contribution in [2.75, 3.05) is 13.2 Å². The molecule has 0 radical (unpaired) electrons. The smallest absolute Gasteiger partial charge is 0.160 e. The second-order valence-corrected chi connectivity index (χ2v) is 8.38. The highest BCUT2D eigenvalue weighted by atomic mass is 79.9. The maximum atomic E-state index is 5.85. The van der Waals surface area contributed by atoms with Crippen molar-refractivity contribution < 1.29 is 9.47 Å². The van der Waals surface area contributed by atoms with E-state index in [-0.39, 0.29) is 6.29 Å². The van der Waals surface area contributed by atoms with Crippen LogP contribution in [-0.4, -0.2) is 19.5 Å². The van der Waals surface area contributed by atoms with E-state index in [0.717, 1.165) is 19.1 Å². The van der Waals surface area contributed by atoms with Crippen molar-refractivity contribution in [2.24, 2.45) is 17.3 Å². The van der Waals surface area contributed by atoms with Crippen molar-refractivity contribution in [3.8, 4) is 0 Å². The Morgan fingerprint density at radius 3 is 2.24 bits per heavy atom. The second-order valence-electron chi connectivity index (χ2n) is 7.47. The van der Waals surface area contributed by atoms with Crippen LogP contribution in [0.5, 0.6) is 0 Å². The van der Waals surface area contributed by atoms with Gasteiger partial charge in [-0.1, -0.05) is 35.0 Å². The van der Waals surface area contributed by atoms with E-state index in [2.05, 4.69) is 47.1 Å².